The maximum absolute atomic E-state index is 11.1. The molecule has 116 valence electrons. The highest BCUT2D eigenvalue weighted by molar-refractivity contribution is 5.74. The number of hydrogen-bond acceptors (Lipinski definition) is 7. The fourth-order valence-corrected chi connectivity index (χ4v) is 2.24. The lowest BCUT2D eigenvalue weighted by atomic mass is 9.90. The molecule has 0 aromatic heterocycles. The maximum atomic E-state index is 11.1. The number of carboxylic acids is 1. The fraction of sp³-hybridized carbons (Fsp3) is 0.818. The van der Waals surface area contributed by atoms with E-state index in [0.29, 0.717) is 0 Å². The van der Waals surface area contributed by atoms with Crippen LogP contribution in [0.4, 0.5) is 0 Å². The van der Waals surface area contributed by atoms with Crippen LogP contribution in [-0.2, 0) is 9.59 Å². The monoisotopic (exact) mass is 292 g/mol. The van der Waals surface area contributed by atoms with Gasteiger partial charge in [-0.15, -0.1) is 0 Å². The smallest absolute Gasteiger partial charge is 0.310 e. The van der Waals surface area contributed by atoms with Gasteiger partial charge in [-0.05, 0) is 0 Å². The minimum Gasteiger partial charge on any atom is -0.481 e. The van der Waals surface area contributed by atoms with Crippen molar-refractivity contribution in [2.45, 2.75) is 31.4 Å². The SMILES string of the molecule is CC(=O)N[C@@H]1[C@@H](O)[C@@H](O)[C@@H](C(=O)O)CN1C[C@@H](O)CO. The van der Waals surface area contributed by atoms with Gasteiger partial charge in [-0.3, -0.25) is 14.5 Å². The molecular formula is C11H20N2O7. The summed E-state index contributed by atoms with van der Waals surface area (Å²) >= 11 is 0. The molecule has 6 N–H and O–H groups in total. The van der Waals surface area contributed by atoms with E-state index in [-0.39, 0.29) is 13.1 Å². The normalized spacial score (nSPS) is 32.6. The Hall–Kier alpha value is -1.26. The fourth-order valence-electron chi connectivity index (χ4n) is 2.24. The van der Waals surface area contributed by atoms with E-state index in [4.69, 9.17) is 10.2 Å². The molecule has 9 nitrogen and oxygen atoms in total. The summed E-state index contributed by atoms with van der Waals surface area (Å²) < 4.78 is 0. The van der Waals surface area contributed by atoms with E-state index in [1.165, 1.54) is 11.8 Å². The maximum Gasteiger partial charge on any atom is 0.310 e. The van der Waals surface area contributed by atoms with Crippen molar-refractivity contribution in [2.24, 2.45) is 5.92 Å². The molecule has 1 amide bonds. The van der Waals surface area contributed by atoms with Gasteiger partial charge in [0.1, 0.15) is 12.3 Å². The molecule has 1 aliphatic rings. The lowest BCUT2D eigenvalue weighted by Crippen LogP contribution is -2.67. The van der Waals surface area contributed by atoms with Crippen LogP contribution < -0.4 is 5.32 Å². The second kappa shape index (κ2) is 6.95. The van der Waals surface area contributed by atoms with Gasteiger partial charge in [0.15, 0.2) is 0 Å². The Morgan fingerprint density at radius 2 is 1.95 bits per heavy atom. The zero-order valence-corrected chi connectivity index (χ0v) is 11.0. The molecule has 0 aromatic rings. The minimum absolute atomic E-state index is 0.144. The van der Waals surface area contributed by atoms with E-state index in [1.807, 2.05) is 0 Å². The third-order valence-corrected chi connectivity index (χ3v) is 3.23. The van der Waals surface area contributed by atoms with Crippen LogP contribution in [0.2, 0.25) is 0 Å². The molecule has 1 saturated heterocycles. The lowest BCUT2D eigenvalue weighted by Gasteiger charge is -2.44. The largest absolute Gasteiger partial charge is 0.481 e. The number of amides is 1. The van der Waals surface area contributed by atoms with Crippen molar-refractivity contribution in [3.8, 4) is 0 Å². The average molecular weight is 292 g/mol. The molecule has 5 atom stereocenters. The van der Waals surface area contributed by atoms with Crippen LogP contribution in [0.15, 0.2) is 0 Å². The van der Waals surface area contributed by atoms with Gasteiger partial charge >= 0.3 is 5.97 Å². The molecule has 20 heavy (non-hydrogen) atoms. The number of carboxylic acid groups (broad SMARTS) is 1. The average Bonchev–Trinajstić information content (AvgIpc) is 2.37. The summed E-state index contributed by atoms with van der Waals surface area (Å²) in [5.41, 5.74) is 0. The van der Waals surface area contributed by atoms with Crippen molar-refractivity contribution in [3.63, 3.8) is 0 Å². The predicted molar refractivity (Wildman–Crippen MR) is 65.4 cm³/mol. The van der Waals surface area contributed by atoms with Gasteiger partial charge in [-0.2, -0.15) is 0 Å². The number of rotatable bonds is 5. The number of piperidine rings is 1. The van der Waals surface area contributed by atoms with E-state index in [2.05, 4.69) is 5.32 Å². The van der Waals surface area contributed by atoms with Gasteiger partial charge in [0.2, 0.25) is 5.91 Å². The molecule has 0 radical (unpaired) electrons. The molecule has 9 heteroatoms. The van der Waals surface area contributed by atoms with Gasteiger partial charge in [-0.1, -0.05) is 0 Å². The molecule has 0 bridgehead atoms. The molecule has 1 rings (SSSR count). The number of aliphatic hydroxyl groups is 4. The Labute approximate surface area is 115 Å². The molecule has 1 fully saturated rings. The Kier molecular flexibility index (Phi) is 5.84. The number of aliphatic carboxylic acids is 1. The number of hydrogen-bond donors (Lipinski definition) is 6. The summed E-state index contributed by atoms with van der Waals surface area (Å²) in [5.74, 6) is -3.01. The van der Waals surface area contributed by atoms with Gasteiger partial charge in [-0.25, -0.2) is 0 Å². The van der Waals surface area contributed by atoms with Crippen molar-refractivity contribution >= 4 is 11.9 Å². The molecule has 1 aliphatic heterocycles. The third kappa shape index (κ3) is 3.87. The zero-order valence-electron chi connectivity index (χ0n) is 11.0. The first-order valence-corrected chi connectivity index (χ1v) is 6.17. The third-order valence-electron chi connectivity index (χ3n) is 3.23. The predicted octanol–water partition coefficient (Wildman–Crippen LogP) is -3.46. The Bertz CT molecular complexity index is 365. The Balaban J connectivity index is 2.92. The number of aliphatic hydroxyl groups excluding tert-OH is 4. The summed E-state index contributed by atoms with van der Waals surface area (Å²) in [4.78, 5) is 23.5. The van der Waals surface area contributed by atoms with Gasteiger partial charge in [0.25, 0.3) is 0 Å². The van der Waals surface area contributed by atoms with Crippen LogP contribution in [0, 0.1) is 5.92 Å². The molecular weight excluding hydrogens is 272 g/mol. The number of carbonyl (C=O) groups excluding carboxylic acids is 1. The second-order valence-electron chi connectivity index (χ2n) is 4.86. The standard InChI is InChI=1S/C11H20N2O7/c1-5(15)12-10-9(18)8(17)7(11(19)20)3-13(10)2-6(16)4-14/h6-10,14,16-18H,2-4H2,1H3,(H,12,15)(H,19,20)/t6-,7+,8+,9+,10+/m1/s1. The van der Waals surface area contributed by atoms with Gasteiger partial charge in [0.05, 0.1) is 24.7 Å². The number of carbonyl (C=O) groups is 2. The van der Waals surface area contributed by atoms with Crippen LogP contribution >= 0.6 is 0 Å². The van der Waals surface area contributed by atoms with Crippen molar-refractivity contribution in [2.75, 3.05) is 19.7 Å². The van der Waals surface area contributed by atoms with E-state index in [1.54, 1.807) is 0 Å². The number of nitrogens with zero attached hydrogens (tertiary/aromatic N) is 1. The first kappa shape index (κ1) is 16.8. The summed E-state index contributed by atoms with van der Waals surface area (Å²) in [5, 5.41) is 49.4. The lowest BCUT2D eigenvalue weighted by molar-refractivity contribution is -0.166. The molecule has 1 heterocycles. The number of nitrogens with one attached hydrogen (secondary N) is 1. The summed E-state index contributed by atoms with van der Waals surface area (Å²) in [7, 11) is 0. The van der Waals surface area contributed by atoms with Crippen molar-refractivity contribution < 1.29 is 35.1 Å². The van der Waals surface area contributed by atoms with Gasteiger partial charge in [0, 0.05) is 20.0 Å². The highest BCUT2D eigenvalue weighted by atomic mass is 16.4. The van der Waals surface area contributed by atoms with Crippen molar-refractivity contribution in [3.05, 3.63) is 0 Å². The van der Waals surface area contributed by atoms with Crippen molar-refractivity contribution in [1.29, 1.82) is 0 Å². The molecule has 0 aromatic carbocycles. The molecule has 0 saturated carbocycles. The van der Waals surface area contributed by atoms with Crippen LogP contribution in [0.1, 0.15) is 6.92 Å². The van der Waals surface area contributed by atoms with E-state index >= 15 is 0 Å². The van der Waals surface area contributed by atoms with Crippen LogP contribution in [-0.4, -0.2) is 86.5 Å². The van der Waals surface area contributed by atoms with Crippen LogP contribution in [0.25, 0.3) is 0 Å². The second-order valence-corrected chi connectivity index (χ2v) is 4.86. The van der Waals surface area contributed by atoms with E-state index in [9.17, 15) is 24.9 Å². The number of likely N-dealkylation sites (tertiary alicyclic amines) is 1. The quantitative estimate of drug-likeness (QED) is 0.306. The van der Waals surface area contributed by atoms with Crippen molar-refractivity contribution in [1.82, 2.24) is 10.2 Å². The summed E-state index contributed by atoms with van der Waals surface area (Å²) in [6.45, 7) is 0.354. The number of β-amino-alcohol motifs (C(OH)–C–C–N with tert-alkyl or cyclic N) is 1. The minimum atomic E-state index is -1.54. The van der Waals surface area contributed by atoms with Gasteiger partial charge < -0.3 is 30.8 Å². The van der Waals surface area contributed by atoms with E-state index in [0.717, 1.165) is 0 Å². The highest BCUT2D eigenvalue weighted by Gasteiger charge is 2.45. The molecule has 0 spiro atoms. The first-order valence-electron chi connectivity index (χ1n) is 6.17. The Morgan fingerprint density at radius 1 is 1.35 bits per heavy atom. The first-order chi connectivity index (χ1) is 9.27. The zero-order chi connectivity index (χ0) is 15.4. The highest BCUT2D eigenvalue weighted by Crippen LogP contribution is 2.22. The summed E-state index contributed by atoms with van der Waals surface area (Å²) in [6, 6.07) is 0. The van der Waals surface area contributed by atoms with Crippen LogP contribution in [0.3, 0.4) is 0 Å². The Morgan fingerprint density at radius 3 is 2.40 bits per heavy atom. The summed E-state index contributed by atoms with van der Waals surface area (Å²) in [6.07, 6.45) is -5.23. The topological polar surface area (TPSA) is 151 Å². The van der Waals surface area contributed by atoms with E-state index < -0.39 is 48.9 Å². The molecule has 0 aliphatic carbocycles. The van der Waals surface area contributed by atoms with Crippen LogP contribution in [0.5, 0.6) is 0 Å². The molecule has 0 unspecified atom stereocenters.